The molecular formula is C15H18ClN3O. The van der Waals surface area contributed by atoms with E-state index in [1.54, 1.807) is 12.4 Å². The Morgan fingerprint density at radius 1 is 1.20 bits per heavy atom. The molecule has 0 aliphatic carbocycles. The number of halogens is 1. The molecule has 1 fully saturated rings. The van der Waals surface area contributed by atoms with Gasteiger partial charge in [0.05, 0.1) is 6.20 Å². The normalized spacial score (nSPS) is 18.6. The average Bonchev–Trinajstić information content (AvgIpc) is 2.85. The molecule has 5 heteroatoms. The van der Waals surface area contributed by atoms with E-state index < -0.39 is 0 Å². The van der Waals surface area contributed by atoms with Crippen molar-refractivity contribution in [2.75, 3.05) is 20.1 Å². The van der Waals surface area contributed by atoms with Crippen molar-refractivity contribution in [1.29, 1.82) is 0 Å². The van der Waals surface area contributed by atoms with Crippen LogP contribution in [0.2, 0.25) is 0 Å². The average molecular weight is 292 g/mol. The second-order valence-electron chi connectivity index (χ2n) is 4.94. The second-order valence-corrected chi connectivity index (χ2v) is 4.94. The van der Waals surface area contributed by atoms with Gasteiger partial charge < -0.3 is 9.64 Å². The highest BCUT2D eigenvalue weighted by Gasteiger charge is 2.21. The van der Waals surface area contributed by atoms with Gasteiger partial charge in [0.25, 0.3) is 0 Å². The van der Waals surface area contributed by atoms with Crippen molar-refractivity contribution in [3.63, 3.8) is 0 Å². The third kappa shape index (κ3) is 3.46. The van der Waals surface area contributed by atoms with Crippen LogP contribution in [-0.2, 0) is 0 Å². The Labute approximate surface area is 125 Å². The second kappa shape index (κ2) is 6.68. The van der Waals surface area contributed by atoms with Gasteiger partial charge in [0, 0.05) is 42.8 Å². The molecule has 2 aromatic heterocycles. The molecule has 0 radical (unpaired) electrons. The maximum absolute atomic E-state index is 5.98. The lowest BCUT2D eigenvalue weighted by Gasteiger charge is -2.14. The van der Waals surface area contributed by atoms with Crippen LogP contribution < -0.4 is 4.74 Å². The molecule has 0 spiro atoms. The van der Waals surface area contributed by atoms with E-state index in [1.165, 1.54) is 0 Å². The number of ether oxygens (including phenoxy) is 1. The number of hydrogen-bond donors (Lipinski definition) is 0. The molecule has 3 rings (SSSR count). The first-order valence-electron chi connectivity index (χ1n) is 6.52. The molecule has 4 nitrogen and oxygen atoms in total. The van der Waals surface area contributed by atoms with Gasteiger partial charge in [-0.25, -0.2) is 0 Å². The van der Waals surface area contributed by atoms with E-state index in [1.807, 2.05) is 30.6 Å². The van der Waals surface area contributed by atoms with Crippen LogP contribution in [0.1, 0.15) is 6.42 Å². The molecule has 1 atom stereocenters. The van der Waals surface area contributed by atoms with Crippen LogP contribution in [0.3, 0.4) is 0 Å². The fourth-order valence-electron chi connectivity index (χ4n) is 2.36. The first kappa shape index (κ1) is 14.8. The predicted octanol–water partition coefficient (Wildman–Crippen LogP) is 2.65. The van der Waals surface area contributed by atoms with Crippen molar-refractivity contribution >= 4 is 12.4 Å². The van der Waals surface area contributed by atoms with E-state index >= 15 is 0 Å². The molecule has 1 aliphatic heterocycles. The minimum Gasteiger partial charge on any atom is -0.487 e. The number of likely N-dealkylation sites (tertiary alicyclic amines) is 1. The summed E-state index contributed by atoms with van der Waals surface area (Å²) < 4.78 is 5.98. The van der Waals surface area contributed by atoms with Crippen molar-refractivity contribution in [1.82, 2.24) is 14.9 Å². The summed E-state index contributed by atoms with van der Waals surface area (Å²) >= 11 is 0. The molecule has 0 N–H and O–H groups in total. The van der Waals surface area contributed by atoms with Crippen LogP contribution in [-0.4, -0.2) is 41.1 Å². The Morgan fingerprint density at radius 2 is 2.05 bits per heavy atom. The molecular weight excluding hydrogens is 274 g/mol. The third-order valence-electron chi connectivity index (χ3n) is 3.36. The smallest absolute Gasteiger partial charge is 0.138 e. The van der Waals surface area contributed by atoms with Gasteiger partial charge in [-0.15, -0.1) is 12.4 Å². The fourth-order valence-corrected chi connectivity index (χ4v) is 2.36. The number of pyridine rings is 2. The molecule has 0 unspecified atom stereocenters. The fraction of sp³-hybridized carbons (Fsp3) is 0.333. The lowest BCUT2D eigenvalue weighted by atomic mass is 10.1. The zero-order chi connectivity index (χ0) is 13.1. The SMILES string of the molecule is CN1CC[C@H](Oc2cncc(-c3cccnc3)c2)C1.Cl. The van der Waals surface area contributed by atoms with Gasteiger partial charge in [0.2, 0.25) is 0 Å². The Bertz CT molecular complexity index is 550. The Balaban J connectivity index is 0.00000147. The van der Waals surface area contributed by atoms with Gasteiger partial charge in [0.1, 0.15) is 11.9 Å². The van der Waals surface area contributed by atoms with Gasteiger partial charge in [-0.3, -0.25) is 9.97 Å². The summed E-state index contributed by atoms with van der Waals surface area (Å²) in [6.07, 6.45) is 8.57. The van der Waals surface area contributed by atoms with E-state index in [0.29, 0.717) is 0 Å². The van der Waals surface area contributed by atoms with Crippen molar-refractivity contribution in [2.24, 2.45) is 0 Å². The highest BCUT2D eigenvalue weighted by atomic mass is 35.5. The van der Waals surface area contributed by atoms with Crippen LogP contribution in [0, 0.1) is 0 Å². The number of rotatable bonds is 3. The van der Waals surface area contributed by atoms with Crippen LogP contribution in [0.4, 0.5) is 0 Å². The number of hydrogen-bond acceptors (Lipinski definition) is 4. The van der Waals surface area contributed by atoms with Crippen molar-refractivity contribution in [3.8, 4) is 16.9 Å². The van der Waals surface area contributed by atoms with Crippen LogP contribution >= 0.6 is 12.4 Å². The summed E-state index contributed by atoms with van der Waals surface area (Å²) in [5, 5.41) is 0. The Kier molecular flexibility index (Phi) is 4.93. The zero-order valence-corrected chi connectivity index (χ0v) is 12.2. The molecule has 0 amide bonds. The summed E-state index contributed by atoms with van der Waals surface area (Å²) in [6, 6.07) is 5.98. The quantitative estimate of drug-likeness (QED) is 0.871. The molecule has 20 heavy (non-hydrogen) atoms. The number of likely N-dealkylation sites (N-methyl/N-ethyl adjacent to an activating group) is 1. The Morgan fingerprint density at radius 3 is 2.75 bits per heavy atom. The molecule has 2 aromatic rings. The highest BCUT2D eigenvalue weighted by Crippen LogP contribution is 2.23. The minimum atomic E-state index is 0. The van der Waals surface area contributed by atoms with Gasteiger partial charge in [-0.05, 0) is 25.6 Å². The zero-order valence-electron chi connectivity index (χ0n) is 11.4. The predicted molar refractivity (Wildman–Crippen MR) is 81.2 cm³/mol. The van der Waals surface area contributed by atoms with Crippen molar-refractivity contribution in [3.05, 3.63) is 43.0 Å². The third-order valence-corrected chi connectivity index (χ3v) is 3.36. The molecule has 106 valence electrons. The van der Waals surface area contributed by atoms with E-state index in [9.17, 15) is 0 Å². The van der Waals surface area contributed by atoms with Gasteiger partial charge in [-0.1, -0.05) is 6.07 Å². The molecule has 0 bridgehead atoms. The minimum absolute atomic E-state index is 0. The summed E-state index contributed by atoms with van der Waals surface area (Å²) in [5.41, 5.74) is 2.10. The van der Waals surface area contributed by atoms with Crippen LogP contribution in [0.15, 0.2) is 43.0 Å². The molecule has 1 saturated heterocycles. The summed E-state index contributed by atoms with van der Waals surface area (Å²) in [6.45, 7) is 2.08. The van der Waals surface area contributed by atoms with E-state index in [2.05, 4.69) is 21.9 Å². The van der Waals surface area contributed by atoms with Crippen molar-refractivity contribution in [2.45, 2.75) is 12.5 Å². The van der Waals surface area contributed by atoms with E-state index in [-0.39, 0.29) is 18.5 Å². The number of nitrogens with zero attached hydrogens (tertiary/aromatic N) is 3. The first-order valence-corrected chi connectivity index (χ1v) is 6.52. The maximum Gasteiger partial charge on any atom is 0.138 e. The molecule has 0 aromatic carbocycles. The monoisotopic (exact) mass is 291 g/mol. The van der Waals surface area contributed by atoms with Crippen molar-refractivity contribution < 1.29 is 4.74 Å². The first-order chi connectivity index (χ1) is 9.31. The molecule has 0 saturated carbocycles. The van der Waals surface area contributed by atoms with Crippen LogP contribution in [0.5, 0.6) is 5.75 Å². The summed E-state index contributed by atoms with van der Waals surface area (Å²) in [4.78, 5) is 10.7. The summed E-state index contributed by atoms with van der Waals surface area (Å²) in [5.74, 6) is 0.835. The van der Waals surface area contributed by atoms with Gasteiger partial charge >= 0.3 is 0 Å². The van der Waals surface area contributed by atoms with Gasteiger partial charge in [0.15, 0.2) is 0 Å². The lowest BCUT2D eigenvalue weighted by Crippen LogP contribution is -2.21. The lowest BCUT2D eigenvalue weighted by molar-refractivity contribution is 0.207. The molecule has 1 aliphatic rings. The standard InChI is InChI=1S/C15H17N3O.ClH/c1-18-6-4-14(11-18)19-15-7-13(9-17-10-15)12-3-2-5-16-8-12;/h2-3,5,7-10,14H,4,6,11H2,1H3;1H/t14-;/m0./s1. The van der Waals surface area contributed by atoms with E-state index in [0.717, 1.165) is 36.4 Å². The highest BCUT2D eigenvalue weighted by molar-refractivity contribution is 5.85. The Hall–Kier alpha value is -1.65. The van der Waals surface area contributed by atoms with E-state index in [4.69, 9.17) is 4.74 Å². The van der Waals surface area contributed by atoms with Gasteiger partial charge in [-0.2, -0.15) is 0 Å². The van der Waals surface area contributed by atoms with Crippen LogP contribution in [0.25, 0.3) is 11.1 Å². The molecule has 3 heterocycles. The topological polar surface area (TPSA) is 38.2 Å². The largest absolute Gasteiger partial charge is 0.487 e. The maximum atomic E-state index is 5.98. The number of aromatic nitrogens is 2. The summed E-state index contributed by atoms with van der Waals surface area (Å²) in [7, 11) is 2.12.